The molecule has 0 aliphatic rings. The fourth-order valence-electron chi connectivity index (χ4n) is 3.31. The van der Waals surface area contributed by atoms with Crippen molar-refractivity contribution in [1.29, 1.82) is 0 Å². The second-order valence-corrected chi connectivity index (χ2v) is 9.43. The van der Waals surface area contributed by atoms with Gasteiger partial charge in [-0.25, -0.2) is 8.42 Å². The summed E-state index contributed by atoms with van der Waals surface area (Å²) in [5, 5.41) is 17.0. The van der Waals surface area contributed by atoms with Crippen molar-refractivity contribution in [3.8, 4) is 0 Å². The van der Waals surface area contributed by atoms with Gasteiger partial charge in [0.15, 0.2) is 0 Å². The van der Waals surface area contributed by atoms with Crippen molar-refractivity contribution in [2.75, 3.05) is 12.5 Å². The van der Waals surface area contributed by atoms with Gasteiger partial charge in [-0.3, -0.25) is 5.04 Å². The van der Waals surface area contributed by atoms with E-state index in [9.17, 15) is 0 Å². The van der Waals surface area contributed by atoms with Gasteiger partial charge in [-0.1, -0.05) is 83.9 Å². The fraction of sp³-hybridized carbons (Fsp3) is 0.200. The Morgan fingerprint density at radius 2 is 1.11 bits per heavy atom. The van der Waals surface area contributed by atoms with Crippen LogP contribution in [0.2, 0.25) is 0 Å². The van der Waals surface area contributed by atoms with E-state index in [1.165, 1.54) is 43.8 Å². The molecule has 35 heavy (non-hydrogen) atoms. The first-order chi connectivity index (χ1) is 15.6. The minimum absolute atomic E-state index is 0. The largest absolute Gasteiger partial charge is 1.00 e. The zero-order valence-corrected chi connectivity index (χ0v) is 26.5. The molecule has 0 aliphatic heterocycles. The van der Waals surface area contributed by atoms with Crippen molar-refractivity contribution >= 4 is 43.7 Å². The van der Waals surface area contributed by atoms with Gasteiger partial charge in [0.2, 0.25) is 0 Å². The van der Waals surface area contributed by atoms with Crippen LogP contribution in [-0.2, 0) is 25.9 Å². The van der Waals surface area contributed by atoms with Gasteiger partial charge in [0.25, 0.3) is 0 Å². The first-order valence-corrected chi connectivity index (χ1v) is 12.9. The molecule has 10 heteroatoms. The van der Waals surface area contributed by atoms with Crippen LogP contribution >= 0.6 is 12.0 Å². The first kappa shape index (κ1) is 34.5. The van der Waals surface area contributed by atoms with Gasteiger partial charge in [-0.05, 0) is 52.9 Å². The van der Waals surface area contributed by atoms with E-state index in [0.29, 0.717) is 6.26 Å². The van der Waals surface area contributed by atoms with Gasteiger partial charge in [0.05, 0.1) is 10.1 Å². The Kier molecular flexibility index (Phi) is 16.9. The number of benzene rings is 4. The topological polar surface area (TPSA) is 98.7 Å². The molecule has 0 fully saturated rings. The summed E-state index contributed by atoms with van der Waals surface area (Å²) in [6, 6.07) is 26.9. The molecule has 0 aliphatic carbocycles. The molecule has 4 aromatic rings. The second kappa shape index (κ2) is 17.1. The minimum Gasteiger partial charge on any atom is -0.748 e. The standard InChI is InChI=1S/C23H20.2CH4O3S.2Na/c1-16-3-7-20-9-5-18(14-22(20)11-16)13-19-6-10-21-8-4-17(2)12-23(21)15-19;1-5(2,3)4;1-5-4-3-2;;/h3-12,14-15H,13H2,1-2H3;1H3,(H,2,3,4);2H,1H3;;/q;;;2*+1/p-2. The van der Waals surface area contributed by atoms with Crippen LogP contribution < -0.4 is 64.4 Å². The number of rotatable bonds is 4. The van der Waals surface area contributed by atoms with Crippen LogP contribution in [0.4, 0.5) is 0 Å². The monoisotopic (exact) mass is 532 g/mol. The molecular weight excluding hydrogens is 506 g/mol. The van der Waals surface area contributed by atoms with Crippen molar-refractivity contribution in [3.63, 3.8) is 0 Å². The van der Waals surface area contributed by atoms with Crippen LogP contribution in [-0.4, -0.2) is 25.5 Å². The van der Waals surface area contributed by atoms with Gasteiger partial charge >= 0.3 is 59.1 Å². The Balaban J connectivity index is 0.000000827. The zero-order valence-electron chi connectivity index (χ0n) is 20.9. The Labute approximate surface area is 255 Å². The quantitative estimate of drug-likeness (QED) is 0.108. The normalized spacial score (nSPS) is 10.2. The molecule has 0 saturated carbocycles. The Hall–Kier alpha value is -0.460. The predicted octanol–water partition coefficient (Wildman–Crippen LogP) is -1.14. The van der Waals surface area contributed by atoms with Crippen LogP contribution in [0.1, 0.15) is 22.3 Å². The second-order valence-electron chi connectivity index (χ2n) is 7.55. The molecule has 0 spiro atoms. The van der Waals surface area contributed by atoms with Gasteiger partial charge in [-0.2, -0.15) is 4.33 Å². The van der Waals surface area contributed by atoms with Crippen molar-refractivity contribution in [1.82, 2.24) is 0 Å². The van der Waals surface area contributed by atoms with Crippen molar-refractivity contribution in [2.45, 2.75) is 20.3 Å². The molecular formula is C25H26Na2O6S2. The maximum absolute atomic E-state index is 9.08. The number of hydrogen-bond donors (Lipinski definition) is 0. The molecule has 0 amide bonds. The molecule has 0 N–H and O–H groups in total. The number of aryl methyl sites for hydroxylation is 2. The average molecular weight is 533 g/mol. The molecule has 0 aromatic heterocycles. The summed E-state index contributed by atoms with van der Waals surface area (Å²) >= 11 is 0.867. The van der Waals surface area contributed by atoms with Crippen LogP contribution in [0.25, 0.3) is 21.5 Å². The molecule has 4 aromatic carbocycles. The zero-order chi connectivity index (χ0) is 24.4. The summed E-state index contributed by atoms with van der Waals surface area (Å²) in [6.07, 6.45) is 3.17. The van der Waals surface area contributed by atoms with Crippen LogP contribution in [0, 0.1) is 13.8 Å². The minimum atomic E-state index is -3.92. The van der Waals surface area contributed by atoms with E-state index >= 15 is 0 Å². The summed E-state index contributed by atoms with van der Waals surface area (Å²) in [7, 11) is -3.92. The van der Waals surface area contributed by atoms with Crippen molar-refractivity contribution in [2.24, 2.45) is 0 Å². The molecule has 6 nitrogen and oxygen atoms in total. The van der Waals surface area contributed by atoms with Gasteiger partial charge in [-0.15, -0.1) is 0 Å². The summed E-state index contributed by atoms with van der Waals surface area (Å²) in [4.78, 5) is 0. The third-order valence-corrected chi connectivity index (χ3v) is 4.82. The van der Waals surface area contributed by atoms with Crippen molar-refractivity contribution < 1.29 is 86.7 Å². The molecule has 0 saturated heterocycles. The molecule has 0 bridgehead atoms. The van der Waals surface area contributed by atoms with Gasteiger partial charge < -0.3 is 9.81 Å². The van der Waals surface area contributed by atoms with Crippen LogP contribution in [0.5, 0.6) is 0 Å². The van der Waals surface area contributed by atoms with Crippen LogP contribution in [0.15, 0.2) is 72.8 Å². The molecule has 0 unspecified atom stereocenters. The maximum Gasteiger partial charge on any atom is 1.00 e. The average Bonchev–Trinajstić information content (AvgIpc) is 2.73. The number of hydrogen-bond acceptors (Lipinski definition) is 7. The maximum atomic E-state index is 9.08. The first-order valence-electron chi connectivity index (χ1n) is 9.98. The Bertz CT molecular complexity index is 1220. The van der Waals surface area contributed by atoms with E-state index in [0.717, 1.165) is 18.5 Å². The van der Waals surface area contributed by atoms with Gasteiger partial charge in [0, 0.05) is 24.6 Å². The van der Waals surface area contributed by atoms with Gasteiger partial charge in [0.1, 0.15) is 0 Å². The van der Waals surface area contributed by atoms with E-state index in [2.05, 4.69) is 96.0 Å². The van der Waals surface area contributed by atoms with E-state index in [1.807, 2.05) is 0 Å². The van der Waals surface area contributed by atoms with E-state index < -0.39 is 10.1 Å². The SMILES string of the molecule is CS(=O)(=O)[O-].CSOO[O-].Cc1ccc2ccc(Cc3ccc4ccc(C)cc4c3)cc2c1.[Na+].[Na+]. The van der Waals surface area contributed by atoms with Crippen LogP contribution in [0.3, 0.4) is 0 Å². The smallest absolute Gasteiger partial charge is 0.748 e. The molecule has 0 heterocycles. The van der Waals surface area contributed by atoms with Crippen molar-refractivity contribution in [3.05, 3.63) is 95.1 Å². The Morgan fingerprint density at radius 3 is 1.43 bits per heavy atom. The number of fused-ring (bicyclic) bond motifs is 2. The summed E-state index contributed by atoms with van der Waals surface area (Å²) in [6.45, 7) is 4.30. The predicted molar refractivity (Wildman–Crippen MR) is 131 cm³/mol. The molecule has 4 rings (SSSR count). The third kappa shape index (κ3) is 13.6. The fourth-order valence-corrected chi connectivity index (χ4v) is 3.37. The van der Waals surface area contributed by atoms with E-state index in [4.69, 9.17) is 18.2 Å². The Morgan fingerprint density at radius 1 is 0.743 bits per heavy atom. The molecule has 176 valence electrons. The summed E-state index contributed by atoms with van der Waals surface area (Å²) in [5.74, 6) is 0. The molecule has 0 atom stereocenters. The summed E-state index contributed by atoms with van der Waals surface area (Å²) in [5.41, 5.74) is 5.37. The summed E-state index contributed by atoms with van der Waals surface area (Å²) < 4.78 is 30.9. The van der Waals surface area contributed by atoms with E-state index in [1.54, 1.807) is 6.26 Å². The molecule has 0 radical (unpaired) electrons. The third-order valence-electron chi connectivity index (χ3n) is 4.62. The van der Waals surface area contributed by atoms with E-state index in [-0.39, 0.29) is 59.1 Å².